The van der Waals surface area contributed by atoms with E-state index in [0.717, 1.165) is 39.0 Å². The molecular weight excluding hydrogens is 242 g/mol. The summed E-state index contributed by atoms with van der Waals surface area (Å²) in [5.74, 6) is 0. The highest BCUT2D eigenvalue weighted by molar-refractivity contribution is 5.68. The van der Waals surface area contributed by atoms with Gasteiger partial charge in [0.1, 0.15) is 5.60 Å². The van der Waals surface area contributed by atoms with Gasteiger partial charge < -0.3 is 15.4 Å². The maximum absolute atomic E-state index is 11.7. The van der Waals surface area contributed by atoms with Crippen molar-refractivity contribution in [1.82, 2.24) is 15.5 Å². The Bertz CT molecular complexity index is 300. The normalized spacial score (nSPS) is 26.4. The second kappa shape index (κ2) is 6.09. The van der Waals surface area contributed by atoms with E-state index in [-0.39, 0.29) is 12.1 Å². The quantitative estimate of drug-likeness (QED) is 0.794. The Hall–Kier alpha value is -0.810. The minimum Gasteiger partial charge on any atom is -0.444 e. The van der Waals surface area contributed by atoms with E-state index in [1.54, 1.807) is 0 Å². The number of hydrogen-bond donors (Lipinski definition) is 2. The summed E-state index contributed by atoms with van der Waals surface area (Å²) >= 11 is 0. The van der Waals surface area contributed by atoms with Crippen molar-refractivity contribution in [2.24, 2.45) is 0 Å². The maximum Gasteiger partial charge on any atom is 0.407 e. The summed E-state index contributed by atoms with van der Waals surface area (Å²) in [6.07, 6.45) is 3.02. The highest BCUT2D eigenvalue weighted by Gasteiger charge is 2.28. The lowest BCUT2D eigenvalue weighted by Crippen LogP contribution is -2.49. The lowest BCUT2D eigenvalue weighted by Gasteiger charge is -2.36. The topological polar surface area (TPSA) is 53.6 Å². The molecule has 0 bridgehead atoms. The molecule has 110 valence electrons. The fourth-order valence-corrected chi connectivity index (χ4v) is 2.83. The highest BCUT2D eigenvalue weighted by atomic mass is 16.6. The van der Waals surface area contributed by atoms with Gasteiger partial charge in [-0.3, -0.25) is 4.90 Å². The van der Waals surface area contributed by atoms with Gasteiger partial charge in [-0.25, -0.2) is 4.79 Å². The van der Waals surface area contributed by atoms with Crippen molar-refractivity contribution in [2.75, 3.05) is 26.2 Å². The molecule has 5 heteroatoms. The van der Waals surface area contributed by atoms with E-state index < -0.39 is 5.60 Å². The van der Waals surface area contributed by atoms with E-state index in [1.807, 2.05) is 20.8 Å². The van der Waals surface area contributed by atoms with Crippen molar-refractivity contribution in [3.8, 4) is 0 Å². The van der Waals surface area contributed by atoms with Crippen LogP contribution >= 0.6 is 0 Å². The molecule has 0 aliphatic carbocycles. The molecule has 2 N–H and O–H groups in total. The van der Waals surface area contributed by atoms with E-state index in [0.29, 0.717) is 6.04 Å². The second-order valence-corrected chi connectivity index (χ2v) is 6.60. The maximum atomic E-state index is 11.7. The predicted octanol–water partition coefficient (Wildman–Crippen LogP) is 1.34. The molecule has 1 amide bonds. The third-order valence-electron chi connectivity index (χ3n) is 3.80. The third-order valence-corrected chi connectivity index (χ3v) is 3.80. The molecule has 0 aromatic heterocycles. The Balaban J connectivity index is 1.69. The number of amides is 1. The van der Waals surface area contributed by atoms with Crippen LogP contribution in [0.25, 0.3) is 0 Å². The standard InChI is InChI=1S/C14H27N3O2/c1-14(2,3)19-13(18)16-11-5-8-17(9-6-11)12-4-7-15-10-12/h11-12,15H,4-10H2,1-3H3,(H,16,18)/t12-/m0/s1. The molecule has 0 spiro atoms. The number of likely N-dealkylation sites (tertiary alicyclic amines) is 1. The number of ether oxygens (including phenoxy) is 1. The lowest BCUT2D eigenvalue weighted by molar-refractivity contribution is 0.0470. The number of alkyl carbamates (subject to hydrolysis) is 1. The molecule has 0 aromatic carbocycles. The Kier molecular flexibility index (Phi) is 4.68. The molecule has 0 radical (unpaired) electrons. The molecule has 5 nitrogen and oxygen atoms in total. The zero-order valence-electron chi connectivity index (χ0n) is 12.4. The van der Waals surface area contributed by atoms with Gasteiger partial charge in [-0.05, 0) is 46.6 Å². The Labute approximate surface area is 116 Å². The summed E-state index contributed by atoms with van der Waals surface area (Å²) in [5, 5.41) is 6.39. The molecule has 19 heavy (non-hydrogen) atoms. The Morgan fingerprint density at radius 3 is 2.47 bits per heavy atom. The predicted molar refractivity (Wildman–Crippen MR) is 75.2 cm³/mol. The largest absolute Gasteiger partial charge is 0.444 e. The third kappa shape index (κ3) is 4.66. The molecule has 2 aliphatic heterocycles. The number of nitrogens with one attached hydrogen (secondary N) is 2. The Morgan fingerprint density at radius 2 is 1.95 bits per heavy atom. The smallest absolute Gasteiger partial charge is 0.407 e. The molecule has 2 rings (SSSR count). The van der Waals surface area contributed by atoms with Gasteiger partial charge >= 0.3 is 6.09 Å². The van der Waals surface area contributed by atoms with Crippen molar-refractivity contribution >= 4 is 6.09 Å². The number of piperidine rings is 1. The fraction of sp³-hybridized carbons (Fsp3) is 0.929. The molecule has 0 saturated carbocycles. The molecule has 2 aliphatic rings. The molecule has 0 aromatic rings. The van der Waals surface area contributed by atoms with Crippen LogP contribution in [-0.2, 0) is 4.74 Å². The van der Waals surface area contributed by atoms with Crippen LogP contribution in [0.1, 0.15) is 40.0 Å². The summed E-state index contributed by atoms with van der Waals surface area (Å²) in [4.78, 5) is 14.3. The first kappa shape index (κ1) is 14.6. The number of rotatable bonds is 2. The SMILES string of the molecule is CC(C)(C)OC(=O)NC1CCN([C@H]2CCNC2)CC1. The number of carbonyl (C=O) groups is 1. The van der Waals surface area contributed by atoms with Crippen LogP contribution in [0.4, 0.5) is 4.79 Å². The van der Waals surface area contributed by atoms with Crippen molar-refractivity contribution in [3.63, 3.8) is 0 Å². The van der Waals surface area contributed by atoms with Crippen LogP contribution in [0.2, 0.25) is 0 Å². The second-order valence-electron chi connectivity index (χ2n) is 6.60. The van der Waals surface area contributed by atoms with Crippen molar-refractivity contribution in [3.05, 3.63) is 0 Å². The van der Waals surface area contributed by atoms with Gasteiger partial charge in [0, 0.05) is 31.7 Å². The first-order valence-corrected chi connectivity index (χ1v) is 7.38. The monoisotopic (exact) mass is 269 g/mol. The van der Waals surface area contributed by atoms with Crippen LogP contribution < -0.4 is 10.6 Å². The number of carbonyl (C=O) groups excluding carboxylic acids is 1. The van der Waals surface area contributed by atoms with E-state index in [4.69, 9.17) is 4.74 Å². The van der Waals surface area contributed by atoms with Gasteiger partial charge in [0.2, 0.25) is 0 Å². The van der Waals surface area contributed by atoms with Crippen LogP contribution in [-0.4, -0.2) is 54.9 Å². The van der Waals surface area contributed by atoms with Gasteiger partial charge in [-0.2, -0.15) is 0 Å². The van der Waals surface area contributed by atoms with E-state index in [9.17, 15) is 4.79 Å². The fourth-order valence-electron chi connectivity index (χ4n) is 2.83. The molecule has 1 atom stereocenters. The zero-order chi connectivity index (χ0) is 13.9. The summed E-state index contributed by atoms with van der Waals surface area (Å²) in [5.41, 5.74) is -0.416. The minimum atomic E-state index is -0.416. The highest BCUT2D eigenvalue weighted by Crippen LogP contribution is 2.17. The first-order chi connectivity index (χ1) is 8.94. The molecular formula is C14H27N3O2. The zero-order valence-corrected chi connectivity index (χ0v) is 12.4. The van der Waals surface area contributed by atoms with Gasteiger partial charge in [0.15, 0.2) is 0 Å². The molecule has 0 unspecified atom stereocenters. The molecule has 2 heterocycles. The van der Waals surface area contributed by atoms with Crippen LogP contribution in [0.15, 0.2) is 0 Å². The average molecular weight is 269 g/mol. The van der Waals surface area contributed by atoms with Gasteiger partial charge in [-0.15, -0.1) is 0 Å². The van der Waals surface area contributed by atoms with Crippen LogP contribution in [0.5, 0.6) is 0 Å². The molecule has 2 saturated heterocycles. The van der Waals surface area contributed by atoms with Gasteiger partial charge in [0.25, 0.3) is 0 Å². The summed E-state index contributed by atoms with van der Waals surface area (Å²) in [6, 6.07) is 0.961. The summed E-state index contributed by atoms with van der Waals surface area (Å²) < 4.78 is 5.29. The van der Waals surface area contributed by atoms with E-state index in [2.05, 4.69) is 15.5 Å². The van der Waals surface area contributed by atoms with Crippen LogP contribution in [0.3, 0.4) is 0 Å². The van der Waals surface area contributed by atoms with Gasteiger partial charge in [0.05, 0.1) is 0 Å². The van der Waals surface area contributed by atoms with Crippen molar-refractivity contribution in [2.45, 2.75) is 57.7 Å². The first-order valence-electron chi connectivity index (χ1n) is 7.38. The van der Waals surface area contributed by atoms with Crippen LogP contribution in [0, 0.1) is 0 Å². The Morgan fingerprint density at radius 1 is 1.26 bits per heavy atom. The van der Waals surface area contributed by atoms with E-state index >= 15 is 0 Å². The van der Waals surface area contributed by atoms with E-state index in [1.165, 1.54) is 6.42 Å². The number of nitrogens with zero attached hydrogens (tertiary/aromatic N) is 1. The van der Waals surface area contributed by atoms with Crippen molar-refractivity contribution in [1.29, 1.82) is 0 Å². The van der Waals surface area contributed by atoms with Gasteiger partial charge in [-0.1, -0.05) is 0 Å². The van der Waals surface area contributed by atoms with Crippen molar-refractivity contribution < 1.29 is 9.53 Å². The average Bonchev–Trinajstić information content (AvgIpc) is 2.80. The molecule has 2 fully saturated rings. The summed E-state index contributed by atoms with van der Waals surface area (Å²) in [6.45, 7) is 10.1. The number of hydrogen-bond acceptors (Lipinski definition) is 4. The summed E-state index contributed by atoms with van der Waals surface area (Å²) in [7, 11) is 0. The minimum absolute atomic E-state index is 0.264. The lowest BCUT2D eigenvalue weighted by atomic mass is 10.0.